The van der Waals surface area contributed by atoms with Gasteiger partial charge in [0, 0.05) is 6.54 Å². The van der Waals surface area contributed by atoms with Gasteiger partial charge in [-0.2, -0.15) is 0 Å². The third-order valence-corrected chi connectivity index (χ3v) is 4.64. The molecule has 28 heavy (non-hydrogen) atoms. The molecule has 1 aliphatic rings. The van der Waals surface area contributed by atoms with Crippen LogP contribution in [-0.4, -0.2) is 71.0 Å². The van der Waals surface area contributed by atoms with Gasteiger partial charge in [-0.3, -0.25) is 9.09 Å². The minimum atomic E-state index is -4.73. The van der Waals surface area contributed by atoms with Crippen molar-refractivity contribution in [2.45, 2.75) is 38.4 Å². The smallest absolute Gasteiger partial charge is 0.387 e. The van der Waals surface area contributed by atoms with Crippen molar-refractivity contribution in [2.75, 3.05) is 18.5 Å². The van der Waals surface area contributed by atoms with Crippen LogP contribution in [0.15, 0.2) is 24.3 Å². The summed E-state index contributed by atoms with van der Waals surface area (Å²) in [6, 6.07) is 0. The largest absolute Gasteiger partial charge is 0.469 e. The number of nitrogens with zero attached hydrogens (tertiary/aromatic N) is 4. The molecule has 12 nitrogen and oxygen atoms in total. The number of fused-ring (bicyclic) bond motifs is 1. The summed E-state index contributed by atoms with van der Waals surface area (Å²) in [7, 11) is -4.73. The van der Waals surface area contributed by atoms with Gasteiger partial charge < -0.3 is 30.1 Å². The van der Waals surface area contributed by atoms with Crippen molar-refractivity contribution in [1.82, 2.24) is 19.5 Å². The van der Waals surface area contributed by atoms with Crippen molar-refractivity contribution >= 4 is 24.8 Å². The van der Waals surface area contributed by atoms with E-state index in [-0.39, 0.29) is 0 Å². The molecule has 0 saturated carbocycles. The Hall–Kier alpha value is -1.92. The van der Waals surface area contributed by atoms with Crippen LogP contribution < -0.4 is 5.32 Å². The Kier molecular flexibility index (Phi) is 6.10. The predicted molar refractivity (Wildman–Crippen MR) is 97.2 cm³/mol. The van der Waals surface area contributed by atoms with E-state index < -0.39 is 39.0 Å². The van der Waals surface area contributed by atoms with Crippen LogP contribution in [0.1, 0.15) is 20.1 Å². The van der Waals surface area contributed by atoms with Gasteiger partial charge in [0.1, 0.15) is 24.6 Å². The minimum Gasteiger partial charge on any atom is -0.387 e. The maximum absolute atomic E-state index is 10.9. The van der Waals surface area contributed by atoms with E-state index in [1.807, 2.05) is 19.9 Å². The first-order valence-corrected chi connectivity index (χ1v) is 9.97. The molecular weight excluding hydrogens is 393 g/mol. The number of allylic oxidation sites excluding steroid dienone is 1. The van der Waals surface area contributed by atoms with Crippen LogP contribution in [0.3, 0.4) is 0 Å². The van der Waals surface area contributed by atoms with E-state index in [1.165, 1.54) is 17.2 Å². The van der Waals surface area contributed by atoms with Gasteiger partial charge in [0.05, 0.1) is 12.9 Å². The number of phosphoric ester groups is 1. The molecule has 0 bridgehead atoms. The fourth-order valence-electron chi connectivity index (χ4n) is 2.79. The van der Waals surface area contributed by atoms with E-state index in [1.54, 1.807) is 0 Å². The van der Waals surface area contributed by atoms with Crippen LogP contribution in [-0.2, 0) is 13.8 Å². The standard InChI is InChI=1S/C15H22N5O7P/c1-8(2)3-4-16-13-10-14(18-6-17-13)20(7-19-10)15-12(22)11(21)9(27-15)5-26-28(23,24)25/h3,6-7,9,11-12,15,21-22H,4-5H2,1-2H3,(H,16,17,18)(H2,23,24,25)/t9-,11+,12-,15+/m0/s1. The second-order valence-corrected chi connectivity index (χ2v) is 7.78. The molecule has 0 radical (unpaired) electrons. The molecule has 0 aliphatic carbocycles. The Morgan fingerprint density at radius 2 is 2.07 bits per heavy atom. The third-order valence-electron chi connectivity index (χ3n) is 4.16. The number of phosphoric acid groups is 1. The monoisotopic (exact) mass is 415 g/mol. The lowest BCUT2D eigenvalue weighted by Crippen LogP contribution is -2.33. The summed E-state index contributed by atoms with van der Waals surface area (Å²) in [6.07, 6.45) is -0.286. The first kappa shape index (κ1) is 20.8. The molecule has 0 spiro atoms. The molecule has 0 aromatic carbocycles. The third kappa shape index (κ3) is 4.55. The van der Waals surface area contributed by atoms with Crippen molar-refractivity contribution in [3.05, 3.63) is 24.3 Å². The van der Waals surface area contributed by atoms with E-state index in [0.717, 1.165) is 5.57 Å². The SMILES string of the molecule is CC(C)=CCNc1ncnc2c1ncn2[C@@H]1O[C@@H](COP(=O)(O)O)[C@@H](O)[C@@H]1O. The number of aliphatic hydroxyl groups is 2. The maximum atomic E-state index is 10.9. The van der Waals surface area contributed by atoms with Crippen LogP contribution in [0.2, 0.25) is 0 Å². The van der Waals surface area contributed by atoms with Crippen molar-refractivity contribution in [1.29, 1.82) is 0 Å². The average Bonchev–Trinajstić information content (AvgIpc) is 3.15. The van der Waals surface area contributed by atoms with Gasteiger partial charge in [0.25, 0.3) is 0 Å². The zero-order chi connectivity index (χ0) is 20.5. The zero-order valence-corrected chi connectivity index (χ0v) is 16.1. The molecular formula is C15H22N5O7P. The van der Waals surface area contributed by atoms with Gasteiger partial charge in [0.15, 0.2) is 23.2 Å². The quantitative estimate of drug-likeness (QED) is 0.303. The van der Waals surface area contributed by atoms with E-state index in [0.29, 0.717) is 23.5 Å². The molecule has 5 N–H and O–H groups in total. The Balaban J connectivity index is 1.81. The minimum absolute atomic E-state index is 0.363. The second-order valence-electron chi connectivity index (χ2n) is 6.54. The van der Waals surface area contributed by atoms with Crippen LogP contribution >= 0.6 is 7.82 Å². The van der Waals surface area contributed by atoms with Crippen LogP contribution in [0.4, 0.5) is 5.82 Å². The van der Waals surface area contributed by atoms with E-state index in [9.17, 15) is 14.8 Å². The zero-order valence-electron chi connectivity index (χ0n) is 15.2. The molecule has 1 aliphatic heterocycles. The summed E-state index contributed by atoms with van der Waals surface area (Å²) in [5.41, 5.74) is 1.95. The summed E-state index contributed by atoms with van der Waals surface area (Å²) in [5.74, 6) is 0.496. The number of imidazole rings is 1. The molecule has 1 saturated heterocycles. The lowest BCUT2D eigenvalue weighted by atomic mass is 10.1. The molecule has 3 rings (SSSR count). The lowest BCUT2D eigenvalue weighted by Gasteiger charge is -2.16. The second kappa shape index (κ2) is 8.21. The first-order valence-electron chi connectivity index (χ1n) is 8.44. The number of aromatic nitrogens is 4. The van der Waals surface area contributed by atoms with Crippen molar-refractivity contribution in [3.8, 4) is 0 Å². The highest BCUT2D eigenvalue weighted by Crippen LogP contribution is 2.38. The van der Waals surface area contributed by atoms with E-state index >= 15 is 0 Å². The molecule has 2 aromatic rings. The fraction of sp³-hybridized carbons (Fsp3) is 0.533. The number of hydrogen-bond donors (Lipinski definition) is 5. The molecule has 4 atom stereocenters. The lowest BCUT2D eigenvalue weighted by molar-refractivity contribution is -0.0504. The molecule has 3 heterocycles. The Morgan fingerprint density at radius 1 is 1.32 bits per heavy atom. The topological polar surface area (TPSA) is 172 Å². The molecule has 154 valence electrons. The number of ether oxygens (including phenoxy) is 1. The first-order chi connectivity index (χ1) is 13.2. The van der Waals surface area contributed by atoms with Crippen LogP contribution in [0.5, 0.6) is 0 Å². The normalized spacial score (nSPS) is 25.2. The van der Waals surface area contributed by atoms with Gasteiger partial charge in [-0.25, -0.2) is 19.5 Å². The van der Waals surface area contributed by atoms with Crippen LogP contribution in [0.25, 0.3) is 11.2 Å². The molecule has 13 heteroatoms. The van der Waals surface area contributed by atoms with Gasteiger partial charge in [-0.15, -0.1) is 0 Å². The van der Waals surface area contributed by atoms with E-state index in [2.05, 4.69) is 24.8 Å². The summed E-state index contributed by atoms with van der Waals surface area (Å²) in [5, 5.41) is 23.6. The highest BCUT2D eigenvalue weighted by atomic mass is 31.2. The summed E-state index contributed by atoms with van der Waals surface area (Å²) in [6.45, 7) is 3.91. The van der Waals surface area contributed by atoms with Gasteiger partial charge in [-0.05, 0) is 13.8 Å². The van der Waals surface area contributed by atoms with Gasteiger partial charge in [0.2, 0.25) is 0 Å². The van der Waals surface area contributed by atoms with Crippen molar-refractivity contribution in [3.63, 3.8) is 0 Å². The average molecular weight is 415 g/mol. The summed E-state index contributed by atoms with van der Waals surface area (Å²) in [4.78, 5) is 30.2. The summed E-state index contributed by atoms with van der Waals surface area (Å²) < 4.78 is 22.2. The Labute approximate surface area is 160 Å². The molecule has 2 aromatic heterocycles. The van der Waals surface area contributed by atoms with E-state index in [4.69, 9.17) is 14.5 Å². The molecule has 1 fully saturated rings. The fourth-order valence-corrected chi connectivity index (χ4v) is 3.13. The predicted octanol–water partition coefficient (Wildman–Crippen LogP) is -0.0671. The maximum Gasteiger partial charge on any atom is 0.469 e. The number of anilines is 1. The summed E-state index contributed by atoms with van der Waals surface area (Å²) >= 11 is 0. The number of hydrogen-bond acceptors (Lipinski definition) is 9. The van der Waals surface area contributed by atoms with Gasteiger partial charge in [-0.1, -0.05) is 11.6 Å². The number of nitrogens with one attached hydrogen (secondary N) is 1. The Bertz CT molecular complexity index is 909. The van der Waals surface area contributed by atoms with Crippen molar-refractivity contribution < 1.29 is 33.8 Å². The highest BCUT2D eigenvalue weighted by Gasteiger charge is 2.45. The Morgan fingerprint density at radius 3 is 2.75 bits per heavy atom. The molecule has 0 amide bonds. The van der Waals surface area contributed by atoms with Gasteiger partial charge >= 0.3 is 7.82 Å². The van der Waals surface area contributed by atoms with Crippen molar-refractivity contribution in [2.24, 2.45) is 0 Å². The van der Waals surface area contributed by atoms with Crippen LogP contribution in [0, 0.1) is 0 Å². The number of aliphatic hydroxyl groups excluding tert-OH is 2. The molecule has 0 unspecified atom stereocenters. The highest BCUT2D eigenvalue weighted by molar-refractivity contribution is 7.46. The number of rotatable bonds is 7.